The fourth-order valence-electron chi connectivity index (χ4n) is 2.28. The summed E-state index contributed by atoms with van der Waals surface area (Å²) in [6.45, 7) is 3.19. The first-order valence-electron chi connectivity index (χ1n) is 7.28. The minimum absolute atomic E-state index is 0.000869. The summed E-state index contributed by atoms with van der Waals surface area (Å²) in [4.78, 5) is 11.9. The second-order valence-electron chi connectivity index (χ2n) is 5.57. The number of hydrogen-bond donors (Lipinski definition) is 2. The van der Waals surface area contributed by atoms with Gasteiger partial charge in [-0.05, 0) is 31.5 Å². The lowest BCUT2D eigenvalue weighted by Crippen LogP contribution is -2.30. The molecule has 2 rings (SSSR count). The number of carbonyl (C=O) groups is 1. The zero-order valence-electron chi connectivity index (χ0n) is 13.5. The lowest BCUT2D eigenvalue weighted by Gasteiger charge is -2.09. The predicted molar refractivity (Wildman–Crippen MR) is 82.4 cm³/mol. The Bertz CT molecular complexity index is 734. The van der Waals surface area contributed by atoms with Crippen molar-refractivity contribution >= 4 is 5.91 Å². The summed E-state index contributed by atoms with van der Waals surface area (Å²) in [5.41, 5.74) is 0.0675. The van der Waals surface area contributed by atoms with E-state index in [1.807, 2.05) is 0 Å². The lowest BCUT2D eigenvalue weighted by molar-refractivity contribution is -0.140. The Balaban J connectivity index is 2.34. The molecule has 0 fully saturated rings. The third-order valence-electron chi connectivity index (χ3n) is 3.60. The summed E-state index contributed by atoms with van der Waals surface area (Å²) in [7, 11) is 1.45. The van der Waals surface area contributed by atoms with Crippen LogP contribution in [0.3, 0.4) is 0 Å². The molecule has 1 aromatic carbocycles. The first-order chi connectivity index (χ1) is 11.1. The van der Waals surface area contributed by atoms with Gasteiger partial charge in [0.25, 0.3) is 5.91 Å². The average molecular weight is 341 g/mol. The van der Waals surface area contributed by atoms with Crippen molar-refractivity contribution in [3.63, 3.8) is 0 Å². The maximum Gasteiger partial charge on any atom is 0.435 e. The number of aromatic nitrogens is 2. The molecule has 0 aliphatic rings. The number of amides is 1. The van der Waals surface area contributed by atoms with Crippen LogP contribution in [0.5, 0.6) is 0 Å². The SMILES string of the molecule is Cc1c(-c2ccc(C(=O)NC[C@H](C)O)cc2)c(C(F)(F)F)nn1C. The molecular formula is C16H18F3N3O2. The van der Waals surface area contributed by atoms with Gasteiger partial charge in [-0.1, -0.05) is 12.1 Å². The highest BCUT2D eigenvalue weighted by molar-refractivity contribution is 5.94. The number of aryl methyl sites for hydroxylation is 1. The molecule has 0 bridgehead atoms. The van der Waals surface area contributed by atoms with Crippen molar-refractivity contribution in [2.75, 3.05) is 6.54 Å². The van der Waals surface area contributed by atoms with E-state index in [-0.39, 0.29) is 12.1 Å². The first-order valence-corrected chi connectivity index (χ1v) is 7.28. The van der Waals surface area contributed by atoms with E-state index in [2.05, 4.69) is 10.4 Å². The highest BCUT2D eigenvalue weighted by Crippen LogP contribution is 2.38. The molecule has 0 saturated carbocycles. The molecular weight excluding hydrogens is 323 g/mol. The average Bonchev–Trinajstić information content (AvgIpc) is 2.81. The summed E-state index contributed by atoms with van der Waals surface area (Å²) >= 11 is 0. The molecule has 0 spiro atoms. The number of nitrogens with zero attached hydrogens (tertiary/aromatic N) is 2. The Morgan fingerprint density at radius 1 is 1.33 bits per heavy atom. The van der Waals surface area contributed by atoms with E-state index in [0.717, 1.165) is 0 Å². The number of hydrogen-bond acceptors (Lipinski definition) is 3. The molecule has 0 unspecified atom stereocenters. The smallest absolute Gasteiger partial charge is 0.392 e. The van der Waals surface area contributed by atoms with Crippen molar-refractivity contribution in [1.29, 1.82) is 0 Å². The number of halogens is 3. The Morgan fingerprint density at radius 2 is 1.92 bits per heavy atom. The molecule has 1 aromatic heterocycles. The van der Waals surface area contributed by atoms with Gasteiger partial charge in [0.2, 0.25) is 0 Å². The number of rotatable bonds is 4. The van der Waals surface area contributed by atoms with Crippen LogP contribution in [-0.2, 0) is 13.2 Å². The lowest BCUT2D eigenvalue weighted by atomic mass is 10.0. The Kier molecular flexibility index (Phi) is 4.98. The summed E-state index contributed by atoms with van der Waals surface area (Å²) in [6, 6.07) is 5.80. The molecule has 0 aliphatic heterocycles. The predicted octanol–water partition coefficient (Wildman–Crippen LogP) is 2.52. The molecule has 0 aliphatic carbocycles. The van der Waals surface area contributed by atoms with Crippen molar-refractivity contribution in [3.8, 4) is 11.1 Å². The van der Waals surface area contributed by atoms with Crippen LogP contribution in [0.1, 0.15) is 28.7 Å². The molecule has 1 atom stereocenters. The van der Waals surface area contributed by atoms with Gasteiger partial charge in [-0.2, -0.15) is 18.3 Å². The molecule has 2 aromatic rings. The fourth-order valence-corrected chi connectivity index (χ4v) is 2.28. The number of nitrogens with one attached hydrogen (secondary N) is 1. The summed E-state index contributed by atoms with van der Waals surface area (Å²) in [5.74, 6) is -0.401. The van der Waals surface area contributed by atoms with Gasteiger partial charge in [-0.15, -0.1) is 0 Å². The van der Waals surface area contributed by atoms with Gasteiger partial charge in [0.1, 0.15) is 0 Å². The number of aliphatic hydroxyl groups is 1. The molecule has 2 N–H and O–H groups in total. The van der Waals surface area contributed by atoms with Crippen LogP contribution in [0.15, 0.2) is 24.3 Å². The van der Waals surface area contributed by atoms with Crippen molar-refractivity contribution in [1.82, 2.24) is 15.1 Å². The second kappa shape index (κ2) is 6.64. The molecule has 5 nitrogen and oxygen atoms in total. The minimum atomic E-state index is -4.56. The zero-order chi connectivity index (χ0) is 18.1. The summed E-state index contributed by atoms with van der Waals surface area (Å²) < 4.78 is 40.6. The normalized spacial score (nSPS) is 13.0. The molecule has 1 amide bonds. The van der Waals surface area contributed by atoms with Crippen LogP contribution in [0.2, 0.25) is 0 Å². The quantitative estimate of drug-likeness (QED) is 0.898. The van der Waals surface area contributed by atoms with E-state index in [4.69, 9.17) is 5.11 Å². The summed E-state index contributed by atoms with van der Waals surface area (Å²) in [5, 5.41) is 15.2. The maximum absolute atomic E-state index is 13.1. The minimum Gasteiger partial charge on any atom is -0.392 e. The highest BCUT2D eigenvalue weighted by atomic mass is 19.4. The van der Waals surface area contributed by atoms with Crippen LogP contribution < -0.4 is 5.32 Å². The second-order valence-corrected chi connectivity index (χ2v) is 5.57. The van der Waals surface area contributed by atoms with Crippen molar-refractivity contribution in [2.24, 2.45) is 7.05 Å². The third-order valence-corrected chi connectivity index (χ3v) is 3.60. The maximum atomic E-state index is 13.1. The Hall–Kier alpha value is -2.35. The van der Waals surface area contributed by atoms with Crippen molar-refractivity contribution < 1.29 is 23.1 Å². The van der Waals surface area contributed by atoms with E-state index >= 15 is 0 Å². The van der Waals surface area contributed by atoms with Gasteiger partial charge < -0.3 is 10.4 Å². The summed E-state index contributed by atoms with van der Waals surface area (Å²) in [6.07, 6.45) is -5.24. The van der Waals surface area contributed by atoms with E-state index in [0.29, 0.717) is 16.8 Å². The number of benzene rings is 1. The molecule has 8 heteroatoms. The van der Waals surface area contributed by atoms with Crippen molar-refractivity contribution in [2.45, 2.75) is 26.1 Å². The highest BCUT2D eigenvalue weighted by Gasteiger charge is 2.38. The van der Waals surface area contributed by atoms with Crippen LogP contribution in [0.4, 0.5) is 13.2 Å². The number of alkyl halides is 3. The fraction of sp³-hybridized carbons (Fsp3) is 0.375. The van der Waals surface area contributed by atoms with E-state index in [1.165, 1.54) is 42.9 Å². The van der Waals surface area contributed by atoms with Crippen LogP contribution in [0, 0.1) is 6.92 Å². The standard InChI is InChI=1S/C16H18F3N3O2/c1-9(23)8-20-15(24)12-6-4-11(5-7-12)13-10(2)22(3)21-14(13)16(17,18)19/h4-7,9,23H,8H2,1-3H3,(H,20,24)/t9-/m0/s1. The first kappa shape index (κ1) is 18.0. The third kappa shape index (κ3) is 3.76. The monoisotopic (exact) mass is 341 g/mol. The largest absolute Gasteiger partial charge is 0.435 e. The van der Waals surface area contributed by atoms with Gasteiger partial charge in [0, 0.05) is 30.4 Å². The molecule has 0 radical (unpaired) electrons. The van der Waals surface area contributed by atoms with Gasteiger partial charge in [-0.3, -0.25) is 9.48 Å². The van der Waals surface area contributed by atoms with Crippen molar-refractivity contribution in [3.05, 3.63) is 41.2 Å². The van der Waals surface area contributed by atoms with Crippen LogP contribution >= 0.6 is 0 Å². The van der Waals surface area contributed by atoms with Gasteiger partial charge in [-0.25, -0.2) is 0 Å². The van der Waals surface area contributed by atoms with Gasteiger partial charge in [0.05, 0.1) is 6.10 Å². The Labute approximate surface area is 137 Å². The van der Waals surface area contributed by atoms with E-state index in [9.17, 15) is 18.0 Å². The Morgan fingerprint density at radius 3 is 2.42 bits per heavy atom. The molecule has 24 heavy (non-hydrogen) atoms. The topological polar surface area (TPSA) is 67.2 Å². The van der Waals surface area contributed by atoms with Gasteiger partial charge in [0.15, 0.2) is 5.69 Å². The van der Waals surface area contributed by atoms with Gasteiger partial charge >= 0.3 is 6.18 Å². The van der Waals surface area contributed by atoms with Crippen LogP contribution in [0.25, 0.3) is 11.1 Å². The molecule has 1 heterocycles. The number of carbonyl (C=O) groups excluding carboxylic acids is 1. The number of aliphatic hydroxyl groups excluding tert-OH is 1. The van der Waals surface area contributed by atoms with E-state index in [1.54, 1.807) is 6.92 Å². The zero-order valence-corrected chi connectivity index (χ0v) is 13.5. The molecule has 0 saturated heterocycles. The van der Waals surface area contributed by atoms with Crippen LogP contribution in [-0.4, -0.2) is 33.4 Å². The van der Waals surface area contributed by atoms with E-state index < -0.39 is 23.9 Å². The molecule has 130 valence electrons.